The van der Waals surface area contributed by atoms with E-state index in [0.717, 1.165) is 25.7 Å². The van der Waals surface area contributed by atoms with Crippen LogP contribution in [0.15, 0.2) is 18.3 Å². The van der Waals surface area contributed by atoms with Gasteiger partial charge in [-0.2, -0.15) is 0 Å². The molecule has 0 saturated heterocycles. The number of nitrogens with zero attached hydrogens (tertiary/aromatic N) is 1. The first kappa shape index (κ1) is 16.1. The Balaban J connectivity index is 1.99. The van der Waals surface area contributed by atoms with Gasteiger partial charge in [0.15, 0.2) is 0 Å². The number of hydrogen-bond acceptors (Lipinski definition) is 5. The minimum absolute atomic E-state index is 0.219. The van der Waals surface area contributed by atoms with E-state index in [1.165, 1.54) is 14.2 Å². The van der Waals surface area contributed by atoms with E-state index in [0.29, 0.717) is 11.6 Å². The number of ether oxygens (including phenoxy) is 2. The maximum atomic E-state index is 12.1. The lowest BCUT2D eigenvalue weighted by molar-refractivity contribution is -0.147. The quantitative estimate of drug-likeness (QED) is 0.830. The number of methoxy groups -OCH3 is 2. The van der Waals surface area contributed by atoms with Gasteiger partial charge in [0.05, 0.1) is 20.1 Å². The lowest BCUT2D eigenvalue weighted by atomic mass is 9.84. The normalized spacial score (nSPS) is 20.8. The van der Waals surface area contributed by atoms with Crippen molar-refractivity contribution < 1.29 is 19.1 Å². The van der Waals surface area contributed by atoms with E-state index in [1.807, 2.05) is 0 Å². The molecule has 7 heteroatoms. The standard InChI is InChI=1S/C15H21N3O4/c1-21-13-12(8-5-9-16-13)18-15(20)17-11-7-4-3-6-10(11)14(19)22-2/h5,8-11H,3-4,6-7H2,1-2H3,(H2,17,18,20)/t10-,11+/m1/s1. The van der Waals surface area contributed by atoms with Gasteiger partial charge in [0.2, 0.25) is 5.88 Å². The fourth-order valence-electron chi connectivity index (χ4n) is 2.71. The molecule has 0 aliphatic heterocycles. The third kappa shape index (κ3) is 3.87. The number of amides is 2. The molecule has 2 N–H and O–H groups in total. The second-order valence-corrected chi connectivity index (χ2v) is 5.18. The predicted octanol–water partition coefficient (Wildman–Crippen LogP) is 1.94. The van der Waals surface area contributed by atoms with Gasteiger partial charge in [-0.25, -0.2) is 9.78 Å². The van der Waals surface area contributed by atoms with Crippen molar-refractivity contribution in [2.45, 2.75) is 31.7 Å². The van der Waals surface area contributed by atoms with Crippen LogP contribution in [0.5, 0.6) is 5.88 Å². The number of nitrogens with one attached hydrogen (secondary N) is 2. The van der Waals surface area contributed by atoms with Crippen molar-refractivity contribution in [1.29, 1.82) is 0 Å². The van der Waals surface area contributed by atoms with Crippen molar-refractivity contribution in [2.24, 2.45) is 5.92 Å². The van der Waals surface area contributed by atoms with Crippen molar-refractivity contribution >= 4 is 17.7 Å². The maximum Gasteiger partial charge on any atom is 0.319 e. The Morgan fingerprint density at radius 1 is 1.27 bits per heavy atom. The summed E-state index contributed by atoms with van der Waals surface area (Å²) in [5.74, 6) is -0.227. The molecule has 0 radical (unpaired) electrons. The van der Waals surface area contributed by atoms with E-state index in [-0.39, 0.29) is 24.0 Å². The van der Waals surface area contributed by atoms with E-state index >= 15 is 0 Å². The number of rotatable bonds is 4. The minimum atomic E-state index is -0.382. The second-order valence-electron chi connectivity index (χ2n) is 5.18. The summed E-state index contributed by atoms with van der Waals surface area (Å²) in [6.45, 7) is 0. The Kier molecular flexibility index (Phi) is 5.57. The highest BCUT2D eigenvalue weighted by Gasteiger charge is 2.32. The summed E-state index contributed by atoms with van der Waals surface area (Å²) < 4.78 is 9.90. The van der Waals surface area contributed by atoms with Crippen molar-refractivity contribution in [3.63, 3.8) is 0 Å². The third-order valence-electron chi connectivity index (χ3n) is 3.80. The Bertz CT molecular complexity index is 535. The fraction of sp³-hybridized carbons (Fsp3) is 0.533. The van der Waals surface area contributed by atoms with Crippen LogP contribution in [0.4, 0.5) is 10.5 Å². The topological polar surface area (TPSA) is 89.5 Å². The zero-order valence-electron chi connectivity index (χ0n) is 12.8. The maximum absolute atomic E-state index is 12.1. The molecule has 120 valence electrons. The van der Waals surface area contributed by atoms with Gasteiger partial charge in [0.1, 0.15) is 5.69 Å². The lowest BCUT2D eigenvalue weighted by Crippen LogP contribution is -2.47. The predicted molar refractivity (Wildman–Crippen MR) is 80.7 cm³/mol. The number of aromatic nitrogens is 1. The molecule has 0 unspecified atom stereocenters. The highest BCUT2D eigenvalue weighted by atomic mass is 16.5. The van der Waals surface area contributed by atoms with Crippen molar-refractivity contribution in [3.8, 4) is 5.88 Å². The SMILES string of the molecule is COC(=O)[C@@H]1CCCC[C@@H]1NC(=O)Nc1cccnc1OC. The van der Waals surface area contributed by atoms with Crippen LogP contribution in [0.3, 0.4) is 0 Å². The summed E-state index contributed by atoms with van der Waals surface area (Å²) in [5, 5.41) is 5.55. The minimum Gasteiger partial charge on any atom is -0.480 e. The first-order valence-electron chi connectivity index (χ1n) is 7.30. The molecule has 1 fully saturated rings. The van der Waals surface area contributed by atoms with Gasteiger partial charge in [-0.15, -0.1) is 0 Å². The number of anilines is 1. The van der Waals surface area contributed by atoms with Gasteiger partial charge in [-0.05, 0) is 25.0 Å². The van der Waals surface area contributed by atoms with E-state index < -0.39 is 0 Å². The zero-order valence-corrected chi connectivity index (χ0v) is 12.8. The molecule has 7 nitrogen and oxygen atoms in total. The molecule has 1 aromatic heterocycles. The summed E-state index contributed by atoms with van der Waals surface area (Å²) in [5.41, 5.74) is 0.480. The molecule has 2 rings (SSSR count). The smallest absolute Gasteiger partial charge is 0.319 e. The van der Waals surface area contributed by atoms with Crippen LogP contribution in [0.1, 0.15) is 25.7 Å². The van der Waals surface area contributed by atoms with Gasteiger partial charge in [0.25, 0.3) is 0 Å². The molecule has 1 saturated carbocycles. The Morgan fingerprint density at radius 2 is 2.05 bits per heavy atom. The van der Waals surface area contributed by atoms with Crippen LogP contribution >= 0.6 is 0 Å². The average Bonchev–Trinajstić information content (AvgIpc) is 2.55. The molecule has 2 atom stereocenters. The summed E-state index contributed by atoms with van der Waals surface area (Å²) in [6.07, 6.45) is 5.02. The molecule has 1 aromatic rings. The first-order chi connectivity index (χ1) is 10.7. The van der Waals surface area contributed by atoms with Crippen LogP contribution in [0, 0.1) is 5.92 Å². The van der Waals surface area contributed by atoms with Crippen LogP contribution in [-0.4, -0.2) is 37.2 Å². The monoisotopic (exact) mass is 307 g/mol. The molecular weight excluding hydrogens is 286 g/mol. The molecule has 0 spiro atoms. The first-order valence-corrected chi connectivity index (χ1v) is 7.30. The Morgan fingerprint density at radius 3 is 2.77 bits per heavy atom. The van der Waals surface area contributed by atoms with Gasteiger partial charge in [-0.1, -0.05) is 12.8 Å². The number of carbonyl (C=O) groups is 2. The van der Waals surface area contributed by atoms with Crippen LogP contribution < -0.4 is 15.4 Å². The summed E-state index contributed by atoms with van der Waals surface area (Å²) in [4.78, 5) is 28.0. The number of carbonyl (C=O) groups excluding carboxylic acids is 2. The third-order valence-corrected chi connectivity index (χ3v) is 3.80. The highest BCUT2D eigenvalue weighted by Crippen LogP contribution is 2.26. The lowest BCUT2D eigenvalue weighted by Gasteiger charge is -2.30. The van der Waals surface area contributed by atoms with Gasteiger partial charge in [-0.3, -0.25) is 4.79 Å². The van der Waals surface area contributed by atoms with Gasteiger partial charge >= 0.3 is 12.0 Å². The molecule has 1 aliphatic rings. The van der Waals surface area contributed by atoms with E-state index in [1.54, 1.807) is 18.3 Å². The van der Waals surface area contributed by atoms with Crippen LogP contribution in [0.25, 0.3) is 0 Å². The molecular formula is C15H21N3O4. The van der Waals surface area contributed by atoms with Crippen molar-refractivity contribution in [2.75, 3.05) is 19.5 Å². The van der Waals surface area contributed by atoms with Crippen LogP contribution in [0.2, 0.25) is 0 Å². The van der Waals surface area contributed by atoms with Crippen LogP contribution in [-0.2, 0) is 9.53 Å². The molecule has 0 bridgehead atoms. The molecule has 1 heterocycles. The molecule has 2 amide bonds. The Hall–Kier alpha value is -2.31. The van der Waals surface area contributed by atoms with Crippen molar-refractivity contribution in [3.05, 3.63) is 18.3 Å². The largest absolute Gasteiger partial charge is 0.480 e. The molecule has 22 heavy (non-hydrogen) atoms. The average molecular weight is 307 g/mol. The zero-order chi connectivity index (χ0) is 15.9. The van der Waals surface area contributed by atoms with E-state index in [9.17, 15) is 9.59 Å². The summed E-state index contributed by atoms with van der Waals surface area (Å²) in [6, 6.07) is 2.80. The second kappa shape index (κ2) is 7.63. The number of pyridine rings is 1. The summed E-state index contributed by atoms with van der Waals surface area (Å²) >= 11 is 0. The fourth-order valence-corrected chi connectivity index (χ4v) is 2.71. The molecule has 0 aromatic carbocycles. The Labute approximate surface area is 129 Å². The highest BCUT2D eigenvalue weighted by molar-refractivity contribution is 5.91. The molecule has 1 aliphatic carbocycles. The van der Waals surface area contributed by atoms with Crippen molar-refractivity contribution in [1.82, 2.24) is 10.3 Å². The number of urea groups is 1. The van der Waals surface area contributed by atoms with Gasteiger partial charge in [0, 0.05) is 12.2 Å². The van der Waals surface area contributed by atoms with E-state index in [2.05, 4.69) is 15.6 Å². The van der Waals surface area contributed by atoms with E-state index in [4.69, 9.17) is 9.47 Å². The summed E-state index contributed by atoms with van der Waals surface area (Å²) in [7, 11) is 2.86. The number of esters is 1. The number of hydrogen-bond donors (Lipinski definition) is 2. The van der Waals surface area contributed by atoms with Gasteiger partial charge < -0.3 is 20.1 Å².